The molecule has 118 valence electrons. The molecule has 0 aliphatic carbocycles. The first kappa shape index (κ1) is 16.0. The van der Waals surface area contributed by atoms with Gasteiger partial charge in [-0.15, -0.1) is 0 Å². The predicted molar refractivity (Wildman–Crippen MR) is 91.2 cm³/mol. The van der Waals surface area contributed by atoms with Crippen molar-refractivity contribution in [2.45, 2.75) is 5.16 Å². The molecule has 0 aliphatic heterocycles. The molecule has 0 amide bonds. The zero-order valence-corrected chi connectivity index (χ0v) is 14.5. The number of methoxy groups -OCH3 is 1. The number of halogens is 2. The van der Waals surface area contributed by atoms with Crippen LogP contribution in [-0.2, 0) is 0 Å². The third kappa shape index (κ3) is 3.12. The summed E-state index contributed by atoms with van der Waals surface area (Å²) in [4.78, 5) is 8.97. The highest BCUT2D eigenvalue weighted by Gasteiger charge is 2.20. The van der Waals surface area contributed by atoms with Crippen molar-refractivity contribution in [1.82, 2.24) is 25.4 Å². The fraction of sp³-hybridized carbons (Fsp3) is 0.143. The first-order valence-corrected chi connectivity index (χ1v) is 8.43. The zero-order chi connectivity index (χ0) is 16.4. The van der Waals surface area contributed by atoms with Crippen LogP contribution in [0.2, 0.25) is 10.0 Å². The number of aromatic amines is 1. The molecule has 0 aliphatic rings. The van der Waals surface area contributed by atoms with Gasteiger partial charge in [0.15, 0.2) is 5.16 Å². The molecule has 0 saturated heterocycles. The molecule has 0 fully saturated rings. The smallest absolute Gasteiger partial charge is 0.227 e. The fourth-order valence-electron chi connectivity index (χ4n) is 2.06. The van der Waals surface area contributed by atoms with Gasteiger partial charge < -0.3 is 4.74 Å². The van der Waals surface area contributed by atoms with E-state index < -0.39 is 0 Å². The minimum absolute atomic E-state index is 0.416. The van der Waals surface area contributed by atoms with Crippen LogP contribution in [-0.4, -0.2) is 38.7 Å². The largest absolute Gasteiger partial charge is 0.480 e. The first-order valence-electron chi connectivity index (χ1n) is 6.45. The van der Waals surface area contributed by atoms with E-state index in [2.05, 4.69) is 25.4 Å². The first-order chi connectivity index (χ1) is 11.1. The summed E-state index contributed by atoms with van der Waals surface area (Å²) in [5.41, 5.74) is 2.65. The molecule has 6 nitrogen and oxygen atoms in total. The minimum Gasteiger partial charge on any atom is -0.480 e. The summed E-state index contributed by atoms with van der Waals surface area (Å²) in [5.74, 6) is 0.416. The van der Waals surface area contributed by atoms with Crippen molar-refractivity contribution in [1.29, 1.82) is 0 Å². The Kier molecular flexibility index (Phi) is 4.70. The highest BCUT2D eigenvalue weighted by molar-refractivity contribution is 7.98. The Hall–Kier alpha value is -1.83. The summed E-state index contributed by atoms with van der Waals surface area (Å²) in [6.45, 7) is 0. The Labute approximate surface area is 146 Å². The second-order valence-electron chi connectivity index (χ2n) is 4.43. The quantitative estimate of drug-likeness (QED) is 0.555. The molecule has 3 aromatic rings. The van der Waals surface area contributed by atoms with Gasteiger partial charge in [0.2, 0.25) is 5.88 Å². The van der Waals surface area contributed by atoms with Crippen LogP contribution in [0.5, 0.6) is 5.88 Å². The average Bonchev–Trinajstić information content (AvgIpc) is 3.10. The van der Waals surface area contributed by atoms with Gasteiger partial charge in [-0.05, 0) is 18.4 Å². The van der Waals surface area contributed by atoms with Crippen LogP contribution in [0.4, 0.5) is 0 Å². The van der Waals surface area contributed by atoms with Crippen molar-refractivity contribution >= 4 is 35.0 Å². The summed E-state index contributed by atoms with van der Waals surface area (Å²) in [6, 6.07) is 5.31. The fourth-order valence-corrected chi connectivity index (χ4v) is 2.72. The molecule has 0 bridgehead atoms. The molecule has 0 atom stereocenters. The number of hydrogen-bond acceptors (Lipinski definition) is 6. The number of hydrogen-bond donors (Lipinski definition) is 1. The SMILES string of the molecule is COc1nc(SC)nc(-c2ccc(Cl)c(Cl)c2)c1-c1cn[nH]n1. The Morgan fingerprint density at radius 2 is 2.00 bits per heavy atom. The van der Waals surface area contributed by atoms with Gasteiger partial charge in [0.1, 0.15) is 5.69 Å². The van der Waals surface area contributed by atoms with Crippen molar-refractivity contribution in [2.75, 3.05) is 13.4 Å². The number of benzene rings is 1. The van der Waals surface area contributed by atoms with Crippen LogP contribution in [0.3, 0.4) is 0 Å². The lowest BCUT2D eigenvalue weighted by Gasteiger charge is -2.12. The number of rotatable bonds is 4. The Bertz CT molecular complexity index is 841. The van der Waals surface area contributed by atoms with E-state index in [0.717, 1.165) is 5.56 Å². The van der Waals surface area contributed by atoms with E-state index >= 15 is 0 Å². The lowest BCUT2D eigenvalue weighted by molar-refractivity contribution is 0.394. The highest BCUT2D eigenvalue weighted by Crippen LogP contribution is 2.38. The molecule has 23 heavy (non-hydrogen) atoms. The van der Waals surface area contributed by atoms with Crippen LogP contribution < -0.4 is 4.74 Å². The van der Waals surface area contributed by atoms with Gasteiger partial charge in [0.25, 0.3) is 0 Å². The Morgan fingerprint density at radius 3 is 2.61 bits per heavy atom. The number of H-pyrrole nitrogens is 1. The molecular weight excluding hydrogens is 357 g/mol. The zero-order valence-electron chi connectivity index (χ0n) is 12.2. The molecule has 3 rings (SSSR count). The summed E-state index contributed by atoms with van der Waals surface area (Å²) < 4.78 is 5.42. The second kappa shape index (κ2) is 6.74. The number of ether oxygens (including phenoxy) is 1. The number of nitrogens with one attached hydrogen (secondary N) is 1. The molecule has 1 aromatic carbocycles. The normalized spacial score (nSPS) is 10.8. The molecule has 0 unspecified atom stereocenters. The molecular formula is C14H11Cl2N5OS. The van der Waals surface area contributed by atoms with E-state index in [1.54, 1.807) is 25.4 Å². The predicted octanol–water partition coefficient (Wildman–Crippen LogP) is 3.97. The van der Waals surface area contributed by atoms with Gasteiger partial charge in [-0.1, -0.05) is 41.0 Å². The van der Waals surface area contributed by atoms with Crippen LogP contribution in [0.15, 0.2) is 29.6 Å². The molecule has 9 heteroatoms. The van der Waals surface area contributed by atoms with Gasteiger partial charge in [-0.25, -0.2) is 4.98 Å². The van der Waals surface area contributed by atoms with E-state index in [1.165, 1.54) is 11.8 Å². The van der Waals surface area contributed by atoms with Gasteiger partial charge in [0, 0.05) is 5.56 Å². The van der Waals surface area contributed by atoms with Crippen molar-refractivity contribution in [3.63, 3.8) is 0 Å². The van der Waals surface area contributed by atoms with E-state index in [9.17, 15) is 0 Å². The van der Waals surface area contributed by atoms with E-state index in [0.29, 0.717) is 38.0 Å². The highest BCUT2D eigenvalue weighted by atomic mass is 35.5. The maximum atomic E-state index is 6.14. The molecule has 0 radical (unpaired) electrons. The number of aromatic nitrogens is 5. The van der Waals surface area contributed by atoms with Gasteiger partial charge >= 0.3 is 0 Å². The van der Waals surface area contributed by atoms with Gasteiger partial charge in [-0.3, -0.25) is 0 Å². The van der Waals surface area contributed by atoms with Crippen molar-refractivity contribution < 1.29 is 4.74 Å². The van der Waals surface area contributed by atoms with Crippen molar-refractivity contribution in [3.8, 4) is 28.4 Å². The van der Waals surface area contributed by atoms with Gasteiger partial charge in [0.05, 0.1) is 34.6 Å². The van der Waals surface area contributed by atoms with E-state index in [1.807, 2.05) is 12.3 Å². The summed E-state index contributed by atoms with van der Waals surface area (Å²) in [7, 11) is 1.55. The van der Waals surface area contributed by atoms with Crippen LogP contribution in [0.1, 0.15) is 0 Å². The summed E-state index contributed by atoms with van der Waals surface area (Å²) in [6.07, 6.45) is 3.48. The van der Waals surface area contributed by atoms with Gasteiger partial charge in [-0.2, -0.15) is 20.4 Å². The molecule has 2 aromatic heterocycles. The minimum atomic E-state index is 0.416. The van der Waals surface area contributed by atoms with Crippen LogP contribution in [0.25, 0.3) is 22.5 Å². The number of thioether (sulfide) groups is 1. The third-order valence-corrected chi connectivity index (χ3v) is 4.38. The lowest BCUT2D eigenvalue weighted by Crippen LogP contribution is -2.00. The van der Waals surface area contributed by atoms with Crippen molar-refractivity contribution in [2.24, 2.45) is 0 Å². The molecule has 1 N–H and O–H groups in total. The molecule has 0 saturated carbocycles. The summed E-state index contributed by atoms with van der Waals surface area (Å²) >= 11 is 13.6. The van der Waals surface area contributed by atoms with Crippen LogP contribution in [0, 0.1) is 0 Å². The number of nitrogens with zero attached hydrogens (tertiary/aromatic N) is 4. The Balaban J connectivity index is 2.30. The van der Waals surface area contributed by atoms with E-state index in [-0.39, 0.29) is 0 Å². The third-order valence-electron chi connectivity index (χ3n) is 3.10. The summed E-state index contributed by atoms with van der Waals surface area (Å²) in [5, 5.41) is 12.0. The van der Waals surface area contributed by atoms with Crippen molar-refractivity contribution in [3.05, 3.63) is 34.4 Å². The van der Waals surface area contributed by atoms with E-state index in [4.69, 9.17) is 27.9 Å². The average molecular weight is 368 g/mol. The monoisotopic (exact) mass is 367 g/mol. The lowest BCUT2D eigenvalue weighted by atomic mass is 10.0. The standard InChI is InChI=1S/C14H11Cl2N5OS/c1-22-13-11(10-6-17-21-20-10)12(18-14(19-13)23-2)7-3-4-8(15)9(16)5-7/h3-6H,1-2H3,(H,17,20,21). The molecule has 2 heterocycles. The topological polar surface area (TPSA) is 76.6 Å². The maximum absolute atomic E-state index is 6.14. The second-order valence-corrected chi connectivity index (χ2v) is 6.02. The molecule has 0 spiro atoms. The van der Waals surface area contributed by atoms with Crippen LogP contribution >= 0.6 is 35.0 Å². The Morgan fingerprint density at radius 1 is 1.17 bits per heavy atom. The maximum Gasteiger partial charge on any atom is 0.227 e.